The number of hydrogen-bond donors (Lipinski definition) is 2. The number of carbonyl (C=O) groups is 3. The minimum absolute atomic E-state index is 0.211. The van der Waals surface area contributed by atoms with E-state index < -0.39 is 5.97 Å². The predicted molar refractivity (Wildman–Crippen MR) is 127 cm³/mol. The fraction of sp³-hybridized carbons (Fsp3) is 0.0741. The van der Waals surface area contributed by atoms with Crippen molar-refractivity contribution in [3.8, 4) is 5.75 Å². The Morgan fingerprint density at radius 3 is 2.36 bits per heavy atom. The third-order valence-corrected chi connectivity index (χ3v) is 5.10. The standard InChI is InChI=1S/C27H22N2O4/c1-18(30)33-22-12-6-11-20(16-22)26(31)28-17-21-9-3-5-15-25(21)29-27(32)24-14-7-10-19-8-2-4-13-23(19)24/h2-16H,17H2,1H3,(H,28,31)(H,29,32). The molecular formula is C27H22N2O4. The van der Waals surface area contributed by atoms with Gasteiger partial charge in [-0.05, 0) is 46.7 Å². The molecule has 6 heteroatoms. The molecule has 0 radical (unpaired) electrons. The molecule has 2 N–H and O–H groups in total. The third-order valence-electron chi connectivity index (χ3n) is 5.10. The number of hydrogen-bond acceptors (Lipinski definition) is 4. The Morgan fingerprint density at radius 1 is 0.788 bits per heavy atom. The number of benzene rings is 4. The van der Waals surface area contributed by atoms with Crippen molar-refractivity contribution < 1.29 is 19.1 Å². The zero-order valence-corrected chi connectivity index (χ0v) is 18.0. The Bertz CT molecular complexity index is 1340. The number of carbonyl (C=O) groups excluding carboxylic acids is 3. The molecule has 4 aromatic carbocycles. The molecular weight excluding hydrogens is 416 g/mol. The number of anilines is 1. The molecule has 0 spiro atoms. The van der Waals surface area contributed by atoms with Gasteiger partial charge in [0.1, 0.15) is 5.75 Å². The van der Waals surface area contributed by atoms with E-state index in [1.165, 1.54) is 13.0 Å². The minimum atomic E-state index is -0.455. The molecule has 0 fully saturated rings. The lowest BCUT2D eigenvalue weighted by Gasteiger charge is -2.13. The predicted octanol–water partition coefficient (Wildman–Crippen LogP) is 4.95. The summed E-state index contributed by atoms with van der Waals surface area (Å²) in [6.45, 7) is 1.51. The third kappa shape index (κ3) is 5.25. The zero-order chi connectivity index (χ0) is 23.2. The molecule has 4 rings (SSSR count). The molecule has 0 saturated heterocycles. The van der Waals surface area contributed by atoms with Gasteiger partial charge in [-0.3, -0.25) is 14.4 Å². The number of fused-ring (bicyclic) bond motifs is 1. The highest BCUT2D eigenvalue weighted by Crippen LogP contribution is 2.22. The highest BCUT2D eigenvalue weighted by atomic mass is 16.5. The van der Waals surface area contributed by atoms with Crippen molar-refractivity contribution in [1.29, 1.82) is 0 Å². The van der Waals surface area contributed by atoms with Crippen molar-refractivity contribution in [2.45, 2.75) is 13.5 Å². The van der Waals surface area contributed by atoms with E-state index in [1.807, 2.05) is 54.6 Å². The molecule has 33 heavy (non-hydrogen) atoms. The number of ether oxygens (including phenoxy) is 1. The largest absolute Gasteiger partial charge is 0.427 e. The smallest absolute Gasteiger partial charge is 0.308 e. The molecule has 164 valence electrons. The van der Waals surface area contributed by atoms with Gasteiger partial charge in [0.15, 0.2) is 0 Å². The van der Waals surface area contributed by atoms with Gasteiger partial charge < -0.3 is 15.4 Å². The number of nitrogens with one attached hydrogen (secondary N) is 2. The van der Waals surface area contributed by atoms with Gasteiger partial charge in [-0.1, -0.05) is 60.7 Å². The van der Waals surface area contributed by atoms with Crippen LogP contribution < -0.4 is 15.4 Å². The maximum atomic E-state index is 13.0. The van der Waals surface area contributed by atoms with Crippen LogP contribution in [-0.4, -0.2) is 17.8 Å². The molecule has 2 amide bonds. The first-order chi connectivity index (χ1) is 16.0. The summed E-state index contributed by atoms with van der Waals surface area (Å²) in [6, 6.07) is 27.0. The van der Waals surface area contributed by atoms with Gasteiger partial charge in [0.2, 0.25) is 0 Å². The number of rotatable bonds is 6. The molecule has 4 aromatic rings. The second kappa shape index (κ2) is 9.78. The molecule has 0 aliphatic carbocycles. The number of amides is 2. The summed E-state index contributed by atoms with van der Waals surface area (Å²) in [4.78, 5) is 36.8. The summed E-state index contributed by atoms with van der Waals surface area (Å²) < 4.78 is 5.04. The monoisotopic (exact) mass is 438 g/mol. The molecule has 0 bridgehead atoms. The van der Waals surface area contributed by atoms with Crippen molar-refractivity contribution in [2.24, 2.45) is 0 Å². The molecule has 0 heterocycles. The Balaban J connectivity index is 1.48. The average molecular weight is 438 g/mol. The van der Waals surface area contributed by atoms with Crippen molar-refractivity contribution in [2.75, 3.05) is 5.32 Å². The normalized spacial score (nSPS) is 10.5. The Hall–Kier alpha value is -4.45. The van der Waals surface area contributed by atoms with E-state index >= 15 is 0 Å². The molecule has 0 aliphatic heterocycles. The molecule has 6 nitrogen and oxygen atoms in total. The Labute approximate surface area is 191 Å². The van der Waals surface area contributed by atoms with Crippen molar-refractivity contribution >= 4 is 34.2 Å². The highest BCUT2D eigenvalue weighted by molar-refractivity contribution is 6.13. The van der Waals surface area contributed by atoms with E-state index in [0.29, 0.717) is 22.6 Å². The quantitative estimate of drug-likeness (QED) is 0.330. The summed E-state index contributed by atoms with van der Waals surface area (Å²) >= 11 is 0. The van der Waals surface area contributed by atoms with Gasteiger partial charge in [0.05, 0.1) is 0 Å². The Morgan fingerprint density at radius 2 is 1.52 bits per heavy atom. The first-order valence-corrected chi connectivity index (χ1v) is 10.4. The second-order valence-corrected chi connectivity index (χ2v) is 7.44. The molecule has 0 saturated carbocycles. The minimum Gasteiger partial charge on any atom is -0.427 e. The topological polar surface area (TPSA) is 84.5 Å². The van der Waals surface area contributed by atoms with Crippen LogP contribution in [0.15, 0.2) is 91.0 Å². The van der Waals surface area contributed by atoms with Crippen LogP contribution in [0.3, 0.4) is 0 Å². The fourth-order valence-electron chi connectivity index (χ4n) is 3.55. The van der Waals surface area contributed by atoms with Crippen LogP contribution in [0.5, 0.6) is 5.75 Å². The van der Waals surface area contributed by atoms with Crippen LogP contribution in [0.4, 0.5) is 5.69 Å². The lowest BCUT2D eigenvalue weighted by molar-refractivity contribution is -0.131. The van der Waals surface area contributed by atoms with Crippen LogP contribution in [0.1, 0.15) is 33.2 Å². The molecule has 0 aliphatic rings. The zero-order valence-electron chi connectivity index (χ0n) is 18.0. The lowest BCUT2D eigenvalue weighted by atomic mass is 10.0. The lowest BCUT2D eigenvalue weighted by Crippen LogP contribution is -2.24. The summed E-state index contributed by atoms with van der Waals surface area (Å²) in [7, 11) is 0. The maximum Gasteiger partial charge on any atom is 0.308 e. The SMILES string of the molecule is CC(=O)Oc1cccc(C(=O)NCc2ccccc2NC(=O)c2cccc3ccccc23)c1. The van der Waals surface area contributed by atoms with Gasteiger partial charge in [0.25, 0.3) is 11.8 Å². The first kappa shape index (κ1) is 21.8. The Kier molecular flexibility index (Phi) is 6.45. The van der Waals surface area contributed by atoms with E-state index in [0.717, 1.165) is 16.3 Å². The van der Waals surface area contributed by atoms with Crippen LogP contribution in [0.2, 0.25) is 0 Å². The molecule has 0 aromatic heterocycles. The van der Waals surface area contributed by atoms with Gasteiger partial charge in [-0.25, -0.2) is 0 Å². The van der Waals surface area contributed by atoms with E-state index in [-0.39, 0.29) is 18.4 Å². The summed E-state index contributed by atoms with van der Waals surface area (Å²) in [6.07, 6.45) is 0. The van der Waals surface area contributed by atoms with Crippen molar-refractivity contribution in [3.05, 3.63) is 108 Å². The fourth-order valence-corrected chi connectivity index (χ4v) is 3.55. The number of para-hydroxylation sites is 1. The van der Waals surface area contributed by atoms with Gasteiger partial charge in [0, 0.05) is 30.3 Å². The summed E-state index contributed by atoms with van der Waals surface area (Å²) in [5.74, 6) is -0.694. The highest BCUT2D eigenvalue weighted by Gasteiger charge is 2.13. The van der Waals surface area contributed by atoms with Crippen LogP contribution in [-0.2, 0) is 11.3 Å². The van der Waals surface area contributed by atoms with Crippen molar-refractivity contribution in [1.82, 2.24) is 5.32 Å². The maximum absolute atomic E-state index is 13.0. The molecule has 0 unspecified atom stereocenters. The molecule has 0 atom stereocenters. The first-order valence-electron chi connectivity index (χ1n) is 10.4. The van der Waals surface area contributed by atoms with Crippen LogP contribution >= 0.6 is 0 Å². The van der Waals surface area contributed by atoms with Gasteiger partial charge in [-0.2, -0.15) is 0 Å². The summed E-state index contributed by atoms with van der Waals surface area (Å²) in [5, 5.41) is 7.67. The average Bonchev–Trinajstić information content (AvgIpc) is 2.82. The number of esters is 1. The van der Waals surface area contributed by atoms with Crippen LogP contribution in [0.25, 0.3) is 10.8 Å². The van der Waals surface area contributed by atoms with E-state index in [1.54, 1.807) is 30.3 Å². The summed E-state index contributed by atoms with van der Waals surface area (Å²) in [5.41, 5.74) is 2.32. The van der Waals surface area contributed by atoms with E-state index in [9.17, 15) is 14.4 Å². The van der Waals surface area contributed by atoms with Gasteiger partial charge >= 0.3 is 5.97 Å². The van der Waals surface area contributed by atoms with Gasteiger partial charge in [-0.15, -0.1) is 0 Å². The van der Waals surface area contributed by atoms with Crippen LogP contribution in [0, 0.1) is 0 Å². The van der Waals surface area contributed by atoms with Crippen molar-refractivity contribution in [3.63, 3.8) is 0 Å². The van der Waals surface area contributed by atoms with E-state index in [2.05, 4.69) is 10.6 Å². The van der Waals surface area contributed by atoms with E-state index in [4.69, 9.17) is 4.74 Å². The second-order valence-electron chi connectivity index (χ2n) is 7.44.